The monoisotopic (exact) mass is 260 g/mol. The van der Waals surface area contributed by atoms with Crippen molar-refractivity contribution in [1.82, 2.24) is 0 Å². The summed E-state index contributed by atoms with van der Waals surface area (Å²) >= 11 is 0. The number of rotatable bonds is 8. The van der Waals surface area contributed by atoms with E-state index in [0.29, 0.717) is 11.7 Å². The zero-order valence-corrected chi connectivity index (χ0v) is 12.4. The molecule has 0 saturated carbocycles. The number of nitrogens with zero attached hydrogens (tertiary/aromatic N) is 1. The van der Waals surface area contributed by atoms with Crippen LogP contribution in [0.2, 0.25) is 0 Å². The maximum absolute atomic E-state index is 10.9. The average Bonchev–Trinajstić information content (AvgIpc) is 2.36. The average molecular weight is 260 g/mol. The Labute approximate surface area is 117 Å². The van der Waals surface area contributed by atoms with Gasteiger partial charge < -0.3 is 4.79 Å². The molecule has 0 spiro atoms. The highest BCUT2D eigenvalue weighted by molar-refractivity contribution is 5.75. The van der Waals surface area contributed by atoms with Crippen LogP contribution in [0, 0.1) is 5.92 Å². The van der Waals surface area contributed by atoms with Crippen molar-refractivity contribution < 1.29 is 9.36 Å². The molecule has 2 nitrogen and oxygen atoms in total. The molecule has 1 rings (SSSR count). The maximum atomic E-state index is 10.9. The van der Waals surface area contributed by atoms with Crippen LogP contribution in [0.15, 0.2) is 30.5 Å². The van der Waals surface area contributed by atoms with Crippen LogP contribution in [-0.4, -0.2) is 5.78 Å². The fourth-order valence-corrected chi connectivity index (χ4v) is 1.97. The number of hydrogen-bond donors (Lipinski definition) is 0. The molecule has 19 heavy (non-hydrogen) atoms. The van der Waals surface area contributed by atoms with Gasteiger partial charge in [-0.05, 0) is 31.7 Å². The van der Waals surface area contributed by atoms with Crippen molar-refractivity contribution in [2.24, 2.45) is 5.92 Å². The van der Waals surface area contributed by atoms with Gasteiger partial charge in [0, 0.05) is 31.1 Å². The lowest BCUT2D eigenvalue weighted by Crippen LogP contribution is -2.36. The predicted octanol–water partition coefficient (Wildman–Crippen LogP) is 3.79. The number of aromatic nitrogens is 1. The van der Waals surface area contributed by atoms with Crippen molar-refractivity contribution in [3.8, 4) is 0 Å². The van der Waals surface area contributed by atoms with Gasteiger partial charge in [0.05, 0.1) is 0 Å². The van der Waals surface area contributed by atoms with Crippen LogP contribution in [0.5, 0.6) is 0 Å². The summed E-state index contributed by atoms with van der Waals surface area (Å²) in [7, 11) is 0. The summed E-state index contributed by atoms with van der Waals surface area (Å²) in [6.45, 7) is 7.06. The quantitative estimate of drug-likeness (QED) is 0.514. The smallest absolute Gasteiger partial charge is 0.204 e. The Kier molecular flexibility index (Phi) is 7.09. The van der Waals surface area contributed by atoms with Crippen molar-refractivity contribution in [3.05, 3.63) is 36.2 Å². The first kappa shape index (κ1) is 15.6. The number of carbonyl (C=O) groups is 1. The van der Waals surface area contributed by atoms with E-state index < -0.39 is 0 Å². The zero-order valence-electron chi connectivity index (χ0n) is 12.4. The summed E-state index contributed by atoms with van der Waals surface area (Å²) in [5.41, 5.74) is 1.25. The SMILES string of the molecule is CC(=O)CCCCC[n+]1ccccc1/C=C/C(C)C. The molecular formula is C17H26NO+. The van der Waals surface area contributed by atoms with E-state index in [1.807, 2.05) is 0 Å². The Balaban J connectivity index is 2.46. The molecule has 0 amide bonds. The molecule has 0 unspecified atom stereocenters. The molecule has 1 heterocycles. The zero-order chi connectivity index (χ0) is 14.1. The molecule has 0 N–H and O–H groups in total. The summed E-state index contributed by atoms with van der Waals surface area (Å²) in [4.78, 5) is 10.9. The lowest BCUT2D eigenvalue weighted by molar-refractivity contribution is -0.699. The van der Waals surface area contributed by atoms with E-state index in [1.54, 1.807) is 6.92 Å². The van der Waals surface area contributed by atoms with Gasteiger partial charge in [-0.2, -0.15) is 4.57 Å². The van der Waals surface area contributed by atoms with Gasteiger partial charge in [0.1, 0.15) is 12.3 Å². The Hall–Kier alpha value is -1.44. The van der Waals surface area contributed by atoms with E-state index in [-0.39, 0.29) is 0 Å². The predicted molar refractivity (Wildman–Crippen MR) is 79.7 cm³/mol. The van der Waals surface area contributed by atoms with Crippen LogP contribution in [0.25, 0.3) is 6.08 Å². The summed E-state index contributed by atoms with van der Waals surface area (Å²) in [6, 6.07) is 6.29. The van der Waals surface area contributed by atoms with Crippen molar-refractivity contribution >= 4 is 11.9 Å². The van der Waals surface area contributed by atoms with Crippen molar-refractivity contribution in [3.63, 3.8) is 0 Å². The highest BCUT2D eigenvalue weighted by atomic mass is 16.1. The minimum Gasteiger partial charge on any atom is -0.300 e. The number of pyridine rings is 1. The molecular weight excluding hydrogens is 234 g/mol. The van der Waals surface area contributed by atoms with Crippen LogP contribution >= 0.6 is 0 Å². The molecule has 0 aliphatic carbocycles. The summed E-state index contributed by atoms with van der Waals surface area (Å²) in [6.07, 6.45) is 10.5. The molecule has 2 heteroatoms. The topological polar surface area (TPSA) is 20.9 Å². The first-order chi connectivity index (χ1) is 9.09. The van der Waals surface area contributed by atoms with Gasteiger partial charge in [0.2, 0.25) is 5.69 Å². The minimum atomic E-state index is 0.299. The summed E-state index contributed by atoms with van der Waals surface area (Å²) in [5, 5.41) is 0. The molecule has 0 aromatic carbocycles. The van der Waals surface area contributed by atoms with E-state index >= 15 is 0 Å². The third kappa shape index (κ3) is 6.90. The second-order valence-electron chi connectivity index (χ2n) is 5.43. The minimum absolute atomic E-state index is 0.299. The van der Waals surface area contributed by atoms with Crippen LogP contribution in [0.4, 0.5) is 0 Å². The van der Waals surface area contributed by atoms with E-state index in [4.69, 9.17) is 0 Å². The molecule has 0 fully saturated rings. The number of allylic oxidation sites excluding steroid dienone is 1. The fourth-order valence-electron chi connectivity index (χ4n) is 1.97. The lowest BCUT2D eigenvalue weighted by atomic mass is 10.1. The van der Waals surface area contributed by atoms with E-state index in [1.165, 1.54) is 5.69 Å². The number of carbonyl (C=O) groups excluding carboxylic acids is 1. The van der Waals surface area contributed by atoms with Crippen molar-refractivity contribution in [2.45, 2.75) is 53.0 Å². The largest absolute Gasteiger partial charge is 0.300 e. The number of Topliss-reactive ketones (excluding diaryl/α,β-unsaturated/α-hetero) is 1. The molecule has 0 aliphatic heterocycles. The third-order valence-corrected chi connectivity index (χ3v) is 3.06. The molecule has 0 saturated heterocycles. The molecule has 104 valence electrons. The van der Waals surface area contributed by atoms with Crippen molar-refractivity contribution in [1.29, 1.82) is 0 Å². The van der Waals surface area contributed by atoms with E-state index in [2.05, 4.69) is 55.0 Å². The lowest BCUT2D eigenvalue weighted by Gasteiger charge is -2.01. The maximum Gasteiger partial charge on any atom is 0.204 e. The Bertz CT molecular complexity index is 421. The van der Waals surface area contributed by atoms with Gasteiger partial charge in [0.25, 0.3) is 0 Å². The van der Waals surface area contributed by atoms with Crippen LogP contribution in [-0.2, 0) is 11.3 Å². The van der Waals surface area contributed by atoms with Crippen LogP contribution < -0.4 is 4.57 Å². The van der Waals surface area contributed by atoms with Gasteiger partial charge >= 0.3 is 0 Å². The Morgan fingerprint density at radius 2 is 2.05 bits per heavy atom. The van der Waals surface area contributed by atoms with Gasteiger partial charge in [-0.25, -0.2) is 0 Å². The molecule has 0 aliphatic rings. The number of ketones is 1. The van der Waals surface area contributed by atoms with Gasteiger partial charge in [-0.3, -0.25) is 0 Å². The molecule has 0 atom stereocenters. The van der Waals surface area contributed by atoms with Crippen molar-refractivity contribution in [2.75, 3.05) is 0 Å². The molecule has 1 aromatic heterocycles. The van der Waals surface area contributed by atoms with E-state index in [9.17, 15) is 4.79 Å². The molecule has 0 radical (unpaired) electrons. The second-order valence-corrected chi connectivity index (χ2v) is 5.43. The third-order valence-electron chi connectivity index (χ3n) is 3.06. The van der Waals surface area contributed by atoms with Crippen LogP contribution in [0.3, 0.4) is 0 Å². The van der Waals surface area contributed by atoms with Crippen LogP contribution in [0.1, 0.15) is 52.1 Å². The number of unbranched alkanes of at least 4 members (excludes halogenated alkanes) is 2. The van der Waals surface area contributed by atoms with Gasteiger partial charge in [-0.15, -0.1) is 0 Å². The van der Waals surface area contributed by atoms with E-state index in [0.717, 1.165) is 32.2 Å². The summed E-state index contributed by atoms with van der Waals surface area (Å²) in [5.74, 6) is 0.872. The summed E-state index contributed by atoms with van der Waals surface area (Å²) < 4.78 is 2.28. The Morgan fingerprint density at radius 1 is 1.26 bits per heavy atom. The second kappa shape index (κ2) is 8.63. The molecule has 0 bridgehead atoms. The van der Waals surface area contributed by atoms with Gasteiger partial charge in [0.15, 0.2) is 6.20 Å². The normalized spacial score (nSPS) is 11.4. The number of hydrogen-bond acceptors (Lipinski definition) is 1. The number of aryl methyl sites for hydroxylation is 1. The standard InChI is InChI=1S/C17H26NO/c1-15(2)11-12-17-10-6-8-14-18(17)13-7-4-5-9-16(3)19/h6,8,10-12,14-15H,4-5,7,9,13H2,1-3H3/q+1/b12-11+. The highest BCUT2D eigenvalue weighted by Crippen LogP contribution is 2.03. The Morgan fingerprint density at radius 3 is 2.74 bits per heavy atom. The fraction of sp³-hybridized carbons (Fsp3) is 0.529. The molecule has 1 aromatic rings. The highest BCUT2D eigenvalue weighted by Gasteiger charge is 2.06. The first-order valence-corrected chi connectivity index (χ1v) is 7.25. The first-order valence-electron chi connectivity index (χ1n) is 7.25. The van der Waals surface area contributed by atoms with Gasteiger partial charge in [-0.1, -0.05) is 19.9 Å².